The minimum atomic E-state index is -0.498. The van der Waals surface area contributed by atoms with Gasteiger partial charge in [-0.15, -0.1) is 0 Å². The average Bonchev–Trinajstić information content (AvgIpc) is 3.23. The molecule has 4 rings (SSSR count). The van der Waals surface area contributed by atoms with Crippen molar-refractivity contribution >= 4 is 40.2 Å². The number of halogens is 2. The van der Waals surface area contributed by atoms with Crippen molar-refractivity contribution < 1.29 is 0 Å². The van der Waals surface area contributed by atoms with E-state index in [0.29, 0.717) is 27.4 Å². The fourth-order valence-corrected chi connectivity index (χ4v) is 3.38. The highest BCUT2D eigenvalue weighted by atomic mass is 35.5. The molecule has 144 valence electrons. The standard InChI is InChI=1S/C17H15Cl2N7O2/c1-23-13-14(22-16(23)26-12(20)5-6-21-26)24(2)17(28)25(15(13)27)8-9-3-4-10(18)11(19)7-9/h3-7H,8,20H2,1-2H3. The molecule has 9 nitrogen and oxygen atoms in total. The molecular weight excluding hydrogens is 405 g/mol. The van der Waals surface area contributed by atoms with E-state index in [9.17, 15) is 9.59 Å². The molecule has 2 N–H and O–H groups in total. The molecule has 0 aliphatic heterocycles. The Morgan fingerprint density at radius 1 is 1.07 bits per heavy atom. The Hall–Kier alpha value is -3.04. The summed E-state index contributed by atoms with van der Waals surface area (Å²) in [7, 11) is 3.22. The van der Waals surface area contributed by atoms with Crippen LogP contribution in [0.15, 0.2) is 40.1 Å². The van der Waals surface area contributed by atoms with Crippen molar-refractivity contribution in [2.24, 2.45) is 14.1 Å². The molecule has 0 aliphatic rings. The van der Waals surface area contributed by atoms with Crippen molar-refractivity contribution in [1.82, 2.24) is 28.5 Å². The monoisotopic (exact) mass is 419 g/mol. The van der Waals surface area contributed by atoms with Gasteiger partial charge >= 0.3 is 5.69 Å². The van der Waals surface area contributed by atoms with Crippen LogP contribution in [0, 0.1) is 0 Å². The van der Waals surface area contributed by atoms with E-state index in [4.69, 9.17) is 28.9 Å². The van der Waals surface area contributed by atoms with Crippen molar-refractivity contribution in [3.8, 4) is 5.95 Å². The minimum Gasteiger partial charge on any atom is -0.383 e. The fraction of sp³-hybridized carbons (Fsp3) is 0.176. The van der Waals surface area contributed by atoms with Gasteiger partial charge in [-0.1, -0.05) is 29.3 Å². The third-order valence-corrected chi connectivity index (χ3v) is 5.26. The number of imidazole rings is 1. The highest BCUT2D eigenvalue weighted by molar-refractivity contribution is 6.42. The van der Waals surface area contributed by atoms with Gasteiger partial charge in [0.25, 0.3) is 5.56 Å². The lowest BCUT2D eigenvalue weighted by Crippen LogP contribution is -2.39. The van der Waals surface area contributed by atoms with Crippen LogP contribution in [0.3, 0.4) is 0 Å². The molecule has 0 fully saturated rings. The molecule has 0 spiro atoms. The van der Waals surface area contributed by atoms with Crippen LogP contribution in [0.4, 0.5) is 5.82 Å². The molecule has 0 radical (unpaired) electrons. The number of nitrogens with two attached hydrogens (primary N) is 1. The number of nitrogens with zero attached hydrogens (tertiary/aromatic N) is 6. The molecule has 0 amide bonds. The molecule has 11 heteroatoms. The number of nitrogen functional groups attached to an aromatic ring is 1. The first-order valence-corrected chi connectivity index (χ1v) is 8.95. The van der Waals surface area contributed by atoms with Crippen molar-refractivity contribution in [3.63, 3.8) is 0 Å². The molecule has 4 aromatic rings. The van der Waals surface area contributed by atoms with Gasteiger partial charge in [0.15, 0.2) is 11.2 Å². The maximum Gasteiger partial charge on any atom is 0.332 e. The average molecular weight is 420 g/mol. The van der Waals surface area contributed by atoms with Gasteiger partial charge in [0.05, 0.1) is 22.8 Å². The number of hydrogen-bond donors (Lipinski definition) is 1. The molecule has 28 heavy (non-hydrogen) atoms. The topological polar surface area (TPSA) is 106 Å². The highest BCUT2D eigenvalue weighted by Gasteiger charge is 2.20. The highest BCUT2D eigenvalue weighted by Crippen LogP contribution is 2.23. The van der Waals surface area contributed by atoms with Gasteiger partial charge in [-0.2, -0.15) is 14.8 Å². The van der Waals surface area contributed by atoms with Crippen molar-refractivity contribution in [3.05, 3.63) is 66.9 Å². The van der Waals surface area contributed by atoms with Crippen molar-refractivity contribution in [2.45, 2.75) is 6.54 Å². The van der Waals surface area contributed by atoms with E-state index >= 15 is 0 Å². The van der Waals surface area contributed by atoms with E-state index in [1.807, 2.05) is 0 Å². The van der Waals surface area contributed by atoms with E-state index < -0.39 is 11.2 Å². The van der Waals surface area contributed by atoms with Gasteiger partial charge in [-0.3, -0.25) is 13.9 Å². The van der Waals surface area contributed by atoms with Gasteiger partial charge in [-0.05, 0) is 17.7 Å². The predicted octanol–water partition coefficient (Wildman–Crippen LogP) is 1.56. The summed E-state index contributed by atoms with van der Waals surface area (Å²) >= 11 is 12.0. The Morgan fingerprint density at radius 2 is 1.82 bits per heavy atom. The van der Waals surface area contributed by atoms with Crippen molar-refractivity contribution in [1.29, 1.82) is 0 Å². The Labute approximate surface area is 168 Å². The second kappa shape index (κ2) is 6.54. The van der Waals surface area contributed by atoms with Crippen LogP contribution in [-0.4, -0.2) is 28.5 Å². The third-order valence-electron chi connectivity index (χ3n) is 4.52. The fourth-order valence-electron chi connectivity index (χ4n) is 3.06. The Morgan fingerprint density at radius 3 is 2.46 bits per heavy atom. The van der Waals surface area contributed by atoms with E-state index in [1.54, 1.807) is 42.9 Å². The van der Waals surface area contributed by atoms with Crippen molar-refractivity contribution in [2.75, 3.05) is 5.73 Å². The number of aromatic nitrogens is 6. The smallest absolute Gasteiger partial charge is 0.332 e. The number of benzene rings is 1. The summed E-state index contributed by atoms with van der Waals surface area (Å²) in [5.41, 5.74) is 6.10. The largest absolute Gasteiger partial charge is 0.383 e. The van der Waals surface area contributed by atoms with Gasteiger partial charge in [0, 0.05) is 20.2 Å². The molecule has 1 aromatic carbocycles. The number of fused-ring (bicyclic) bond motifs is 1. The number of anilines is 1. The summed E-state index contributed by atoms with van der Waals surface area (Å²) in [4.78, 5) is 30.3. The van der Waals surface area contributed by atoms with Crippen LogP contribution in [0.2, 0.25) is 10.0 Å². The summed E-state index contributed by atoms with van der Waals surface area (Å²) in [5, 5.41) is 4.86. The minimum absolute atomic E-state index is 0.0444. The molecular formula is C17H15Cl2N7O2. The Kier molecular flexibility index (Phi) is 4.28. The quantitative estimate of drug-likeness (QED) is 0.542. The van der Waals surface area contributed by atoms with Gasteiger partial charge in [-0.25, -0.2) is 4.79 Å². The molecule has 0 saturated carbocycles. The molecule has 0 atom stereocenters. The number of hydrogen-bond acceptors (Lipinski definition) is 5. The molecule has 0 aliphatic carbocycles. The number of aryl methyl sites for hydroxylation is 2. The van der Waals surface area contributed by atoms with E-state index in [-0.39, 0.29) is 17.7 Å². The van der Waals surface area contributed by atoms with Gasteiger partial charge in [0.1, 0.15) is 5.82 Å². The van der Waals surface area contributed by atoms with Crippen LogP contribution in [0.5, 0.6) is 0 Å². The summed E-state index contributed by atoms with van der Waals surface area (Å²) in [6, 6.07) is 6.57. The molecule has 0 unspecified atom stereocenters. The normalized spacial score (nSPS) is 11.4. The lowest BCUT2D eigenvalue weighted by Gasteiger charge is -2.09. The lowest BCUT2D eigenvalue weighted by atomic mass is 10.2. The zero-order valence-electron chi connectivity index (χ0n) is 14.9. The molecule has 3 aromatic heterocycles. The summed E-state index contributed by atoms with van der Waals surface area (Å²) < 4.78 is 5.40. The SMILES string of the molecule is Cn1c(-n2nccc2N)nc2c1c(=O)n(Cc1ccc(Cl)c(Cl)c1)c(=O)n2C. The first-order chi connectivity index (χ1) is 13.3. The van der Waals surface area contributed by atoms with Crippen LogP contribution in [0.1, 0.15) is 5.56 Å². The summed E-state index contributed by atoms with van der Waals surface area (Å²) in [6.45, 7) is 0.0444. The summed E-state index contributed by atoms with van der Waals surface area (Å²) in [6.07, 6.45) is 1.52. The third kappa shape index (κ3) is 2.71. The first kappa shape index (κ1) is 18.3. The Bertz CT molecular complexity index is 1350. The van der Waals surface area contributed by atoms with Crippen LogP contribution < -0.4 is 17.0 Å². The van der Waals surface area contributed by atoms with Crippen LogP contribution in [-0.2, 0) is 20.6 Å². The van der Waals surface area contributed by atoms with Gasteiger partial charge in [0.2, 0.25) is 5.95 Å². The lowest BCUT2D eigenvalue weighted by molar-refractivity contribution is 0.655. The first-order valence-electron chi connectivity index (χ1n) is 8.19. The zero-order chi connectivity index (χ0) is 20.2. The zero-order valence-corrected chi connectivity index (χ0v) is 16.4. The second-order valence-corrected chi connectivity index (χ2v) is 7.11. The van der Waals surface area contributed by atoms with E-state index in [0.717, 1.165) is 4.57 Å². The second-order valence-electron chi connectivity index (χ2n) is 6.29. The maximum absolute atomic E-state index is 13.1. The van der Waals surface area contributed by atoms with E-state index in [1.165, 1.54) is 15.4 Å². The predicted molar refractivity (Wildman–Crippen MR) is 107 cm³/mol. The molecule has 0 saturated heterocycles. The molecule has 0 bridgehead atoms. The summed E-state index contributed by atoms with van der Waals surface area (Å²) in [5.74, 6) is 0.691. The maximum atomic E-state index is 13.1. The van der Waals surface area contributed by atoms with Gasteiger partial charge < -0.3 is 10.3 Å². The van der Waals surface area contributed by atoms with E-state index in [2.05, 4.69) is 10.1 Å². The van der Waals surface area contributed by atoms with Crippen LogP contribution in [0.25, 0.3) is 17.1 Å². The van der Waals surface area contributed by atoms with Crippen LogP contribution >= 0.6 is 23.2 Å². The molecule has 3 heterocycles. The Balaban J connectivity index is 1.95. The number of rotatable bonds is 3.